The number of primary amides is 1. The molecule has 28 heavy (non-hydrogen) atoms. The van der Waals surface area contributed by atoms with Gasteiger partial charge in [-0.3, -0.25) is 14.9 Å². The molecule has 4 amide bonds. The number of rotatable bonds is 5. The van der Waals surface area contributed by atoms with E-state index >= 15 is 0 Å². The Bertz CT molecular complexity index is 1060. The number of fused-ring (bicyclic) bond motifs is 1. The number of furan rings is 1. The molecule has 0 radical (unpaired) electrons. The van der Waals surface area contributed by atoms with Crippen molar-refractivity contribution in [1.82, 2.24) is 15.3 Å². The van der Waals surface area contributed by atoms with Gasteiger partial charge in [0, 0.05) is 11.1 Å². The van der Waals surface area contributed by atoms with Crippen LogP contribution in [0.2, 0.25) is 0 Å². The van der Waals surface area contributed by atoms with Crippen molar-refractivity contribution in [3.8, 4) is 0 Å². The number of hydrogen-bond donors (Lipinski definition) is 3. The Kier molecular flexibility index (Phi) is 5.59. The average molecular weight is 399 g/mol. The third kappa shape index (κ3) is 4.29. The van der Waals surface area contributed by atoms with Crippen molar-refractivity contribution < 1.29 is 18.8 Å². The van der Waals surface area contributed by atoms with E-state index in [0.29, 0.717) is 22.4 Å². The molecule has 2 heterocycles. The molecule has 4 N–H and O–H groups in total. The topological polar surface area (TPSA) is 140 Å². The van der Waals surface area contributed by atoms with E-state index in [0.717, 1.165) is 17.3 Å². The minimum atomic E-state index is -0.935. The first-order valence-corrected chi connectivity index (χ1v) is 9.20. The first-order valence-electron chi connectivity index (χ1n) is 8.21. The summed E-state index contributed by atoms with van der Waals surface area (Å²) in [7, 11) is 0. The van der Waals surface area contributed by atoms with Crippen molar-refractivity contribution in [3.05, 3.63) is 47.2 Å². The van der Waals surface area contributed by atoms with Gasteiger partial charge in [0.2, 0.25) is 11.6 Å². The molecule has 0 aliphatic carbocycles. The predicted octanol–water partition coefficient (Wildman–Crippen LogP) is 2.38. The first kappa shape index (κ1) is 19.4. The van der Waals surface area contributed by atoms with Crippen LogP contribution in [0.25, 0.3) is 11.1 Å². The number of nitrogens with zero attached hydrogens (tertiary/aromatic N) is 2. The standard InChI is InChI=1S/C18H17N5O4S/c1-9-10(2)27-16-13(9)14(21-15(25)11-6-4-3-5-7-11)22-18(23-16)28-8-12(24)20-17(19)26/h3-7H,8H2,1-2H3,(H3,19,20,24,26)(H,21,22,23,25). The fourth-order valence-electron chi connectivity index (χ4n) is 2.46. The third-order valence-electron chi connectivity index (χ3n) is 3.87. The smallest absolute Gasteiger partial charge is 0.318 e. The lowest BCUT2D eigenvalue weighted by molar-refractivity contribution is -0.117. The van der Waals surface area contributed by atoms with Crippen LogP contribution >= 0.6 is 11.8 Å². The SMILES string of the molecule is Cc1oc2nc(SCC(=O)NC(N)=O)nc(NC(=O)c3ccccc3)c2c1C. The number of carbonyl (C=O) groups is 3. The molecule has 0 spiro atoms. The van der Waals surface area contributed by atoms with E-state index in [4.69, 9.17) is 10.2 Å². The van der Waals surface area contributed by atoms with Gasteiger partial charge in [0.25, 0.3) is 5.91 Å². The predicted molar refractivity (Wildman–Crippen MR) is 104 cm³/mol. The van der Waals surface area contributed by atoms with E-state index in [9.17, 15) is 14.4 Å². The monoisotopic (exact) mass is 399 g/mol. The zero-order chi connectivity index (χ0) is 20.3. The molecule has 0 saturated heterocycles. The van der Waals surface area contributed by atoms with Crippen LogP contribution in [-0.4, -0.2) is 33.6 Å². The summed E-state index contributed by atoms with van der Waals surface area (Å²) >= 11 is 0.984. The summed E-state index contributed by atoms with van der Waals surface area (Å²) in [5, 5.41) is 5.54. The maximum absolute atomic E-state index is 12.6. The van der Waals surface area contributed by atoms with Crippen LogP contribution in [0.4, 0.5) is 10.6 Å². The maximum Gasteiger partial charge on any atom is 0.318 e. The highest BCUT2D eigenvalue weighted by Crippen LogP contribution is 2.31. The number of hydrogen-bond acceptors (Lipinski definition) is 7. The van der Waals surface area contributed by atoms with Gasteiger partial charge in [-0.05, 0) is 26.0 Å². The Morgan fingerprint density at radius 1 is 1.14 bits per heavy atom. The lowest BCUT2D eigenvalue weighted by Gasteiger charge is -2.08. The Morgan fingerprint density at radius 3 is 2.54 bits per heavy atom. The number of nitrogens with two attached hydrogens (primary N) is 1. The summed E-state index contributed by atoms with van der Waals surface area (Å²) in [5.41, 5.74) is 6.49. The number of amides is 4. The second kappa shape index (κ2) is 8.09. The van der Waals surface area contributed by atoms with Crippen LogP contribution in [-0.2, 0) is 4.79 Å². The molecule has 3 rings (SSSR count). The Labute approximate surface area is 164 Å². The lowest BCUT2D eigenvalue weighted by Crippen LogP contribution is -2.36. The second-order valence-electron chi connectivity index (χ2n) is 5.84. The van der Waals surface area contributed by atoms with Crippen LogP contribution in [0.1, 0.15) is 21.7 Å². The summed E-state index contributed by atoms with van der Waals surface area (Å²) in [4.78, 5) is 43.5. The highest BCUT2D eigenvalue weighted by Gasteiger charge is 2.19. The van der Waals surface area contributed by atoms with Crippen molar-refractivity contribution in [2.45, 2.75) is 19.0 Å². The molecule has 0 unspecified atom stereocenters. The van der Waals surface area contributed by atoms with Gasteiger partial charge in [-0.1, -0.05) is 30.0 Å². The zero-order valence-corrected chi connectivity index (χ0v) is 15.9. The van der Waals surface area contributed by atoms with Gasteiger partial charge in [0.05, 0.1) is 11.1 Å². The molecular weight excluding hydrogens is 382 g/mol. The van der Waals surface area contributed by atoms with Crippen LogP contribution < -0.4 is 16.4 Å². The number of aryl methyl sites for hydroxylation is 2. The number of benzene rings is 1. The number of imide groups is 1. The number of aromatic nitrogens is 2. The highest BCUT2D eigenvalue weighted by molar-refractivity contribution is 7.99. The number of urea groups is 1. The van der Waals surface area contributed by atoms with Crippen LogP contribution in [0.3, 0.4) is 0 Å². The summed E-state index contributed by atoms with van der Waals surface area (Å²) in [5.74, 6) is -0.109. The molecule has 3 aromatic rings. The van der Waals surface area contributed by atoms with Gasteiger partial charge in [0.15, 0.2) is 5.16 Å². The second-order valence-corrected chi connectivity index (χ2v) is 6.78. The van der Waals surface area contributed by atoms with E-state index in [1.807, 2.05) is 18.3 Å². The average Bonchev–Trinajstić information content (AvgIpc) is 2.94. The third-order valence-corrected chi connectivity index (χ3v) is 4.72. The molecule has 0 saturated carbocycles. The largest absolute Gasteiger partial charge is 0.443 e. The summed E-state index contributed by atoms with van der Waals surface area (Å²) in [6.45, 7) is 3.63. The molecular formula is C18H17N5O4S. The van der Waals surface area contributed by atoms with E-state index in [2.05, 4.69) is 15.3 Å². The van der Waals surface area contributed by atoms with Crippen LogP contribution in [0.5, 0.6) is 0 Å². The summed E-state index contributed by atoms with van der Waals surface area (Å²) < 4.78 is 5.65. The minimum absolute atomic E-state index is 0.126. The van der Waals surface area contributed by atoms with Crippen LogP contribution in [0, 0.1) is 13.8 Å². The molecule has 0 bridgehead atoms. The fourth-order valence-corrected chi connectivity index (χ4v) is 3.09. The van der Waals surface area contributed by atoms with E-state index in [1.165, 1.54) is 0 Å². The minimum Gasteiger partial charge on any atom is -0.443 e. The molecule has 2 aromatic heterocycles. The Hall–Kier alpha value is -3.40. The summed E-state index contributed by atoms with van der Waals surface area (Å²) in [6.07, 6.45) is 0. The summed E-state index contributed by atoms with van der Waals surface area (Å²) in [6, 6.07) is 7.77. The number of carbonyl (C=O) groups excluding carboxylic acids is 3. The molecule has 144 valence electrons. The number of nitrogens with one attached hydrogen (secondary N) is 2. The molecule has 9 nitrogen and oxygen atoms in total. The molecule has 0 fully saturated rings. The molecule has 0 aliphatic rings. The van der Waals surface area contributed by atoms with E-state index < -0.39 is 11.9 Å². The molecule has 0 aliphatic heterocycles. The quantitative estimate of drug-likeness (QED) is 0.442. The van der Waals surface area contributed by atoms with Gasteiger partial charge in [-0.2, -0.15) is 4.98 Å². The normalized spacial score (nSPS) is 10.6. The molecule has 0 atom stereocenters. The van der Waals surface area contributed by atoms with Gasteiger partial charge in [-0.15, -0.1) is 0 Å². The highest BCUT2D eigenvalue weighted by atomic mass is 32.2. The van der Waals surface area contributed by atoms with E-state index in [1.54, 1.807) is 31.2 Å². The van der Waals surface area contributed by atoms with Gasteiger partial charge in [0.1, 0.15) is 11.6 Å². The van der Waals surface area contributed by atoms with Crippen molar-refractivity contribution >= 4 is 46.5 Å². The fraction of sp³-hybridized carbons (Fsp3) is 0.167. The van der Waals surface area contributed by atoms with Crippen molar-refractivity contribution in [2.24, 2.45) is 5.73 Å². The van der Waals surface area contributed by atoms with Gasteiger partial charge >= 0.3 is 6.03 Å². The van der Waals surface area contributed by atoms with Crippen molar-refractivity contribution in [2.75, 3.05) is 11.1 Å². The lowest BCUT2D eigenvalue weighted by atomic mass is 10.2. The van der Waals surface area contributed by atoms with E-state index in [-0.39, 0.29) is 22.6 Å². The maximum atomic E-state index is 12.6. The Morgan fingerprint density at radius 2 is 1.86 bits per heavy atom. The van der Waals surface area contributed by atoms with Gasteiger partial charge in [-0.25, -0.2) is 9.78 Å². The number of thioether (sulfide) groups is 1. The Balaban J connectivity index is 1.91. The zero-order valence-electron chi connectivity index (χ0n) is 15.1. The van der Waals surface area contributed by atoms with Crippen LogP contribution in [0.15, 0.2) is 39.9 Å². The van der Waals surface area contributed by atoms with Gasteiger partial charge < -0.3 is 15.5 Å². The molecule has 1 aromatic carbocycles. The molecule has 10 heteroatoms. The van der Waals surface area contributed by atoms with Crippen molar-refractivity contribution in [3.63, 3.8) is 0 Å². The number of anilines is 1. The first-order chi connectivity index (χ1) is 13.3. The van der Waals surface area contributed by atoms with Crippen molar-refractivity contribution in [1.29, 1.82) is 0 Å².